The fourth-order valence-electron chi connectivity index (χ4n) is 16.8. The predicted molar refractivity (Wildman–Crippen MR) is 452 cm³/mol. The van der Waals surface area contributed by atoms with E-state index in [1.807, 2.05) is 14.7 Å². The highest BCUT2D eigenvalue weighted by molar-refractivity contribution is 5.93. The topological polar surface area (TPSA) is 577 Å². The van der Waals surface area contributed by atoms with Crippen molar-refractivity contribution in [2.75, 3.05) is 328 Å². The number of carbonyl (C=O) groups excluding carboxylic acids is 14. The molecule has 0 saturated carbocycles. The van der Waals surface area contributed by atoms with Crippen LogP contribution in [0.25, 0.3) is 0 Å². The van der Waals surface area contributed by atoms with Gasteiger partial charge in [0.15, 0.2) is 0 Å². The molecule has 7 unspecified atom stereocenters. The molecule has 7 fully saturated rings. The SMILES string of the molecule is CN1CC(C(=O)NCCN(CCN2CC(C(=O)NCCN(CCN3CC(C(=O)NCCN(CCN)CCN)CC3=O)CCN3CC(C(=O)NCCN(CCN)CCN)CC3=O)CC2=O)CCN2CC(C(=O)NCCN(CCN3CC(C(=O)NCCN(CCN)CCN)CC3=O)CCN3CC(C(=O)NCCN(CCN)CCN)CC3=O)CC2=O)CC1=O. The minimum absolute atomic E-state index is 0.0486. The van der Waals surface area contributed by atoms with Gasteiger partial charge in [-0.3, -0.25) is 101 Å². The zero-order valence-electron chi connectivity index (χ0n) is 71.7. The van der Waals surface area contributed by atoms with Crippen LogP contribution < -0.4 is 83.1 Å². The molecule has 0 aromatic heterocycles. The van der Waals surface area contributed by atoms with E-state index in [4.69, 9.17) is 45.9 Å². The van der Waals surface area contributed by atoms with Crippen molar-refractivity contribution in [2.45, 2.75) is 44.9 Å². The Kier molecular flexibility index (Phi) is 44.6. The van der Waals surface area contributed by atoms with E-state index in [0.717, 1.165) is 0 Å². The molecule has 23 N–H and O–H groups in total. The summed E-state index contributed by atoms with van der Waals surface area (Å²) in [6.45, 7) is 18.6. The second-order valence-corrected chi connectivity index (χ2v) is 32.9. The number of nitrogens with one attached hydrogen (secondary N) is 7. The minimum Gasteiger partial charge on any atom is -0.355 e. The van der Waals surface area contributed by atoms with Crippen LogP contribution in [0.5, 0.6) is 0 Å². The zero-order chi connectivity index (χ0) is 87.8. The smallest absolute Gasteiger partial charge is 0.225 e. The first-order valence-electron chi connectivity index (χ1n) is 43.8. The standard InChI is InChI=1S/C78H145N29O14/c1-94-51-58(44-65(94)108)72(115)87-14-29-99(32-38-106-56-63(49-70(106)113)77(120)92-15-30-100(34-40-102-52-59(45-66(102)109)73(116)88-10-25-95(17-2-79)18-3-80)35-41-103-53-60(46-67(103)110)74(117)89-11-26-96(19-4-81)20-5-82)33-39-107-57-64(50-71(107)114)78(121)93-16-31-101(36-42-104-54-61(47-68(104)111)75(118)90-12-27-97(21-6-83)22-7-84)37-43-105-55-62(48-69(105)112)76(119)91-13-28-98(23-8-85)24-9-86/h58-64H,2-57,79-86H2,1H3,(H,87,115)(H,88,116)(H,89,117)(H,90,118)(H,91,119)(H,92,120)(H,93,121). The molecule has 7 saturated heterocycles. The molecule has 686 valence electrons. The Labute approximate surface area is 712 Å². The average Bonchev–Trinajstić information content (AvgIpc) is 1.71. The second-order valence-electron chi connectivity index (χ2n) is 32.9. The van der Waals surface area contributed by atoms with Crippen molar-refractivity contribution in [3.8, 4) is 0 Å². The maximum absolute atomic E-state index is 14.0. The molecule has 121 heavy (non-hydrogen) atoms. The van der Waals surface area contributed by atoms with E-state index in [9.17, 15) is 67.1 Å². The van der Waals surface area contributed by atoms with E-state index in [-0.39, 0.29) is 232 Å². The summed E-state index contributed by atoms with van der Waals surface area (Å²) >= 11 is 0. The van der Waals surface area contributed by atoms with Crippen LogP contribution >= 0.6 is 0 Å². The molecule has 0 aromatic rings. The Bertz CT molecular complexity index is 2990. The van der Waals surface area contributed by atoms with Crippen LogP contribution in [-0.2, 0) is 67.1 Å². The summed E-state index contributed by atoms with van der Waals surface area (Å²) in [5, 5.41) is 20.8. The summed E-state index contributed by atoms with van der Waals surface area (Å²) in [5.41, 5.74) is 46.1. The van der Waals surface area contributed by atoms with Gasteiger partial charge in [0.1, 0.15) is 0 Å². The Hall–Kier alpha value is -8.02. The van der Waals surface area contributed by atoms with Crippen LogP contribution in [0.1, 0.15) is 44.9 Å². The van der Waals surface area contributed by atoms with Crippen molar-refractivity contribution in [2.24, 2.45) is 87.3 Å². The van der Waals surface area contributed by atoms with Gasteiger partial charge < -0.3 is 117 Å². The Morgan fingerprint density at radius 2 is 0.372 bits per heavy atom. The quantitative estimate of drug-likeness (QED) is 0.0269. The third kappa shape index (κ3) is 33.9. The molecular weight excluding hydrogens is 1570 g/mol. The monoisotopic (exact) mass is 1710 g/mol. The third-order valence-corrected chi connectivity index (χ3v) is 24.0. The number of rotatable bonds is 62. The van der Waals surface area contributed by atoms with E-state index in [1.54, 1.807) is 36.4 Å². The molecular formula is C78H145N29O14. The van der Waals surface area contributed by atoms with Crippen LogP contribution in [0.15, 0.2) is 0 Å². The minimum atomic E-state index is -0.697. The maximum Gasteiger partial charge on any atom is 0.225 e. The van der Waals surface area contributed by atoms with Crippen LogP contribution in [0.2, 0.25) is 0 Å². The second kappa shape index (κ2) is 53.9. The highest BCUT2D eigenvalue weighted by Gasteiger charge is 2.41. The normalized spacial score (nSPS) is 20.9. The van der Waals surface area contributed by atoms with E-state index in [1.165, 1.54) is 4.90 Å². The number of amides is 14. The van der Waals surface area contributed by atoms with Crippen molar-refractivity contribution in [1.82, 2.24) is 106 Å². The van der Waals surface area contributed by atoms with Gasteiger partial charge in [0, 0.05) is 373 Å². The third-order valence-electron chi connectivity index (χ3n) is 24.0. The lowest BCUT2D eigenvalue weighted by Gasteiger charge is -2.28. The van der Waals surface area contributed by atoms with E-state index >= 15 is 0 Å². The maximum atomic E-state index is 14.0. The Balaban J connectivity index is 0.925. The first kappa shape index (κ1) is 100. The summed E-state index contributed by atoms with van der Waals surface area (Å²) in [4.78, 5) is 214. The largest absolute Gasteiger partial charge is 0.355 e. The van der Waals surface area contributed by atoms with Crippen LogP contribution in [0.3, 0.4) is 0 Å². The van der Waals surface area contributed by atoms with Gasteiger partial charge in [0.05, 0.1) is 41.4 Å². The van der Waals surface area contributed by atoms with Crippen molar-refractivity contribution >= 4 is 82.7 Å². The lowest BCUT2D eigenvalue weighted by Crippen LogP contribution is -2.45. The van der Waals surface area contributed by atoms with Gasteiger partial charge in [-0.2, -0.15) is 0 Å². The van der Waals surface area contributed by atoms with Gasteiger partial charge >= 0.3 is 0 Å². The predicted octanol–water partition coefficient (Wildman–Crippen LogP) is -12.8. The van der Waals surface area contributed by atoms with Crippen molar-refractivity contribution in [3.05, 3.63) is 0 Å². The summed E-state index contributed by atoms with van der Waals surface area (Å²) in [7, 11) is 1.64. The van der Waals surface area contributed by atoms with E-state index in [0.29, 0.717) is 216 Å². The molecule has 0 bridgehead atoms. The molecule has 7 heterocycles. The van der Waals surface area contributed by atoms with Crippen LogP contribution in [0, 0.1) is 41.4 Å². The molecule has 0 aromatic carbocycles. The molecule has 7 aliphatic rings. The van der Waals surface area contributed by atoms with Gasteiger partial charge in [0.2, 0.25) is 82.7 Å². The number of likely N-dealkylation sites (tertiary alicyclic amines) is 7. The van der Waals surface area contributed by atoms with Crippen LogP contribution in [0.4, 0.5) is 0 Å². The molecule has 7 atom stereocenters. The van der Waals surface area contributed by atoms with Crippen molar-refractivity contribution in [3.63, 3.8) is 0 Å². The number of nitrogens with zero attached hydrogens (tertiary/aromatic N) is 14. The Morgan fingerprint density at radius 1 is 0.231 bits per heavy atom. The highest BCUT2D eigenvalue weighted by atomic mass is 16.2. The molecule has 7 rings (SSSR count). The fourth-order valence-corrected chi connectivity index (χ4v) is 16.8. The summed E-state index contributed by atoms with van der Waals surface area (Å²) in [6, 6.07) is 0. The summed E-state index contributed by atoms with van der Waals surface area (Å²) < 4.78 is 0. The van der Waals surface area contributed by atoms with Gasteiger partial charge in [-0.25, -0.2) is 0 Å². The number of hydrogen-bond donors (Lipinski definition) is 15. The van der Waals surface area contributed by atoms with Gasteiger partial charge in [-0.05, 0) is 0 Å². The Morgan fingerprint density at radius 3 is 0.512 bits per heavy atom. The highest BCUT2D eigenvalue weighted by Crippen LogP contribution is 2.25. The molecule has 0 aliphatic carbocycles. The molecule has 7 aliphatic heterocycles. The van der Waals surface area contributed by atoms with Crippen LogP contribution in [-0.4, -0.2) is 479 Å². The molecule has 43 nitrogen and oxygen atoms in total. The fraction of sp³-hybridized carbons (Fsp3) is 0.821. The molecule has 43 heteroatoms. The first-order chi connectivity index (χ1) is 58.3. The summed E-state index contributed by atoms with van der Waals surface area (Å²) in [5.74, 6) is -7.27. The number of carbonyl (C=O) groups is 14. The number of hydrogen-bond acceptors (Lipinski definition) is 29. The lowest BCUT2D eigenvalue weighted by atomic mass is 10.1. The first-order valence-corrected chi connectivity index (χ1v) is 43.8. The molecule has 0 radical (unpaired) electrons. The average molecular weight is 1710 g/mol. The molecule has 14 amide bonds. The van der Waals surface area contributed by atoms with Gasteiger partial charge in [-0.15, -0.1) is 0 Å². The lowest BCUT2D eigenvalue weighted by molar-refractivity contribution is -0.129. The van der Waals surface area contributed by atoms with E-state index in [2.05, 4.69) is 56.8 Å². The van der Waals surface area contributed by atoms with Gasteiger partial charge in [-0.1, -0.05) is 0 Å². The van der Waals surface area contributed by atoms with E-state index < -0.39 is 41.4 Å². The van der Waals surface area contributed by atoms with Gasteiger partial charge in [0.25, 0.3) is 0 Å². The zero-order valence-corrected chi connectivity index (χ0v) is 71.7. The number of nitrogens with two attached hydrogens (primary N) is 8. The molecule has 0 spiro atoms. The van der Waals surface area contributed by atoms with Crippen molar-refractivity contribution in [1.29, 1.82) is 0 Å². The summed E-state index contributed by atoms with van der Waals surface area (Å²) in [6.07, 6.45) is 0.178. The van der Waals surface area contributed by atoms with Crippen molar-refractivity contribution < 1.29 is 67.1 Å².